The lowest BCUT2D eigenvalue weighted by Gasteiger charge is -2.22. The summed E-state index contributed by atoms with van der Waals surface area (Å²) in [6.07, 6.45) is 6.24. The second-order valence-corrected chi connectivity index (χ2v) is 8.69. The number of amides is 1. The van der Waals surface area contributed by atoms with Crippen LogP contribution in [-0.2, 0) is 6.54 Å². The zero-order chi connectivity index (χ0) is 20.8. The lowest BCUT2D eigenvalue weighted by Crippen LogP contribution is -2.34. The molecule has 1 atom stereocenters. The lowest BCUT2D eigenvalue weighted by molar-refractivity contribution is 0.0747. The van der Waals surface area contributed by atoms with Gasteiger partial charge < -0.3 is 15.2 Å². The minimum absolute atomic E-state index is 0.0969. The topological polar surface area (TPSA) is 83.0 Å². The molecule has 1 saturated carbocycles. The summed E-state index contributed by atoms with van der Waals surface area (Å²) in [6, 6.07) is 7.92. The smallest absolute Gasteiger partial charge is 0.261 e. The molecule has 5 rings (SSSR count). The molecule has 0 bridgehead atoms. The molecule has 1 aromatic carbocycles. The Morgan fingerprint density at radius 1 is 1.27 bits per heavy atom. The van der Waals surface area contributed by atoms with E-state index in [0.29, 0.717) is 23.2 Å². The monoisotopic (exact) mass is 405 g/mol. The summed E-state index contributed by atoms with van der Waals surface area (Å²) in [5.41, 5.74) is 3.17. The van der Waals surface area contributed by atoms with E-state index in [-0.39, 0.29) is 11.5 Å². The molecule has 0 spiro atoms. The molecule has 1 aliphatic carbocycles. The van der Waals surface area contributed by atoms with Crippen LogP contribution in [0.2, 0.25) is 0 Å². The van der Waals surface area contributed by atoms with Crippen LogP contribution < -0.4 is 10.9 Å². The van der Waals surface area contributed by atoms with Gasteiger partial charge in [0.15, 0.2) is 5.82 Å². The van der Waals surface area contributed by atoms with Crippen molar-refractivity contribution < 1.29 is 4.79 Å². The van der Waals surface area contributed by atoms with E-state index in [2.05, 4.69) is 17.2 Å². The van der Waals surface area contributed by atoms with Crippen molar-refractivity contribution in [1.29, 1.82) is 0 Å². The molecule has 2 N–H and O–H groups in total. The number of hydrogen-bond donors (Lipinski definition) is 2. The molecule has 1 saturated heterocycles. The van der Waals surface area contributed by atoms with E-state index in [9.17, 15) is 9.59 Å². The van der Waals surface area contributed by atoms with Gasteiger partial charge in [-0.1, -0.05) is 0 Å². The van der Waals surface area contributed by atoms with Crippen molar-refractivity contribution in [3.05, 3.63) is 51.9 Å². The number of nitrogens with zero attached hydrogens (tertiary/aromatic N) is 3. The minimum atomic E-state index is -0.149. The van der Waals surface area contributed by atoms with E-state index in [0.717, 1.165) is 48.3 Å². The molecule has 7 heteroatoms. The number of hydrogen-bond acceptors (Lipinski definition) is 4. The normalized spacial score (nSPS) is 18.9. The van der Waals surface area contributed by atoms with Crippen LogP contribution in [0.15, 0.2) is 35.3 Å². The number of anilines is 2. The molecule has 156 valence electrons. The highest BCUT2D eigenvalue weighted by Crippen LogP contribution is 2.33. The van der Waals surface area contributed by atoms with Gasteiger partial charge >= 0.3 is 0 Å². The first-order valence-corrected chi connectivity index (χ1v) is 10.8. The number of rotatable bonds is 5. The van der Waals surface area contributed by atoms with Gasteiger partial charge in [-0.15, -0.1) is 0 Å². The van der Waals surface area contributed by atoms with Gasteiger partial charge in [0.25, 0.3) is 11.5 Å². The van der Waals surface area contributed by atoms with Gasteiger partial charge in [-0.05, 0) is 75.3 Å². The zero-order valence-corrected chi connectivity index (χ0v) is 17.4. The number of carbonyl (C=O) groups excluding carboxylic acids is 1. The molecule has 2 aliphatic rings. The molecule has 3 heterocycles. The Balaban J connectivity index is 1.45. The number of likely N-dealkylation sites (tertiary alicyclic amines) is 1. The third-order valence-electron chi connectivity index (χ3n) is 6.34. The number of fused-ring (bicyclic) bond motifs is 1. The van der Waals surface area contributed by atoms with Gasteiger partial charge in [-0.25, -0.2) is 0 Å². The Morgan fingerprint density at radius 2 is 2.10 bits per heavy atom. The quantitative estimate of drug-likeness (QED) is 0.676. The highest BCUT2D eigenvalue weighted by atomic mass is 16.2. The number of nitrogens with one attached hydrogen (secondary N) is 2. The first kappa shape index (κ1) is 18.9. The van der Waals surface area contributed by atoms with Crippen LogP contribution in [0.25, 0.3) is 10.9 Å². The van der Waals surface area contributed by atoms with Gasteiger partial charge in [-0.2, -0.15) is 5.10 Å². The van der Waals surface area contributed by atoms with E-state index < -0.39 is 0 Å². The first-order valence-electron chi connectivity index (χ1n) is 10.8. The summed E-state index contributed by atoms with van der Waals surface area (Å²) in [5.74, 6) is 1.31. The highest BCUT2D eigenvalue weighted by molar-refractivity contribution is 5.97. The number of benzene rings is 1. The number of aryl methyl sites for hydroxylation is 1. The maximum Gasteiger partial charge on any atom is 0.261 e. The molecule has 1 amide bonds. The van der Waals surface area contributed by atoms with Crippen LogP contribution in [-0.4, -0.2) is 38.2 Å². The molecular formula is C23H27N5O2. The minimum Gasteiger partial charge on any atom is -0.338 e. The van der Waals surface area contributed by atoms with Crippen molar-refractivity contribution >= 4 is 28.3 Å². The predicted molar refractivity (Wildman–Crippen MR) is 117 cm³/mol. The molecule has 2 aromatic heterocycles. The Labute approximate surface area is 175 Å². The number of aromatic amines is 1. The summed E-state index contributed by atoms with van der Waals surface area (Å²) >= 11 is 0. The van der Waals surface area contributed by atoms with Crippen LogP contribution >= 0.6 is 0 Å². The fourth-order valence-electron chi connectivity index (χ4n) is 4.42. The highest BCUT2D eigenvalue weighted by Gasteiger charge is 2.27. The van der Waals surface area contributed by atoms with E-state index in [4.69, 9.17) is 5.10 Å². The van der Waals surface area contributed by atoms with Gasteiger partial charge in [0.2, 0.25) is 0 Å². The largest absolute Gasteiger partial charge is 0.338 e. The Kier molecular flexibility index (Phi) is 4.60. The molecular weight excluding hydrogens is 378 g/mol. The predicted octanol–water partition coefficient (Wildman–Crippen LogP) is 3.81. The SMILES string of the molecule is Cc1cc(Nc2nn(CC3CC3)c3cc[nH]c(=O)c23)ccc1C(=O)N1CCC[C@H]1C. The second kappa shape index (κ2) is 7.31. The third-order valence-corrected chi connectivity index (χ3v) is 6.34. The fourth-order valence-corrected chi connectivity index (χ4v) is 4.42. The van der Waals surface area contributed by atoms with Crippen LogP contribution in [0.5, 0.6) is 0 Å². The van der Waals surface area contributed by atoms with Crippen molar-refractivity contribution in [1.82, 2.24) is 19.7 Å². The van der Waals surface area contributed by atoms with E-state index >= 15 is 0 Å². The van der Waals surface area contributed by atoms with Gasteiger partial charge in [-0.3, -0.25) is 14.3 Å². The van der Waals surface area contributed by atoms with Crippen LogP contribution in [0.3, 0.4) is 0 Å². The Morgan fingerprint density at radius 3 is 2.80 bits per heavy atom. The molecule has 3 aromatic rings. The molecule has 1 aliphatic heterocycles. The summed E-state index contributed by atoms with van der Waals surface area (Å²) in [6.45, 7) is 5.72. The van der Waals surface area contributed by atoms with E-state index in [1.54, 1.807) is 6.20 Å². The Hall–Kier alpha value is -3.09. The lowest BCUT2D eigenvalue weighted by atomic mass is 10.1. The molecule has 7 nitrogen and oxygen atoms in total. The standard InChI is InChI=1S/C23H27N5O2/c1-14-12-17(7-8-18(14)23(30)27-11-3-4-15(27)2)25-21-20-19(9-10-24-22(20)29)28(26-21)13-16-5-6-16/h7-10,12,15-16H,3-6,11,13H2,1-2H3,(H,24,29)(H,25,26)/t15-/m1/s1. The van der Waals surface area contributed by atoms with E-state index in [1.165, 1.54) is 12.8 Å². The molecule has 30 heavy (non-hydrogen) atoms. The zero-order valence-electron chi connectivity index (χ0n) is 17.4. The van der Waals surface area contributed by atoms with Crippen molar-refractivity contribution in [2.45, 2.75) is 52.1 Å². The third kappa shape index (κ3) is 3.38. The molecule has 0 unspecified atom stereocenters. The van der Waals surface area contributed by atoms with Crippen LogP contribution in [0.4, 0.5) is 11.5 Å². The maximum atomic E-state index is 12.9. The molecule has 0 radical (unpaired) electrons. The Bertz CT molecular complexity index is 1170. The number of H-pyrrole nitrogens is 1. The van der Waals surface area contributed by atoms with Gasteiger partial charge in [0.1, 0.15) is 5.39 Å². The number of pyridine rings is 1. The summed E-state index contributed by atoms with van der Waals surface area (Å²) in [4.78, 5) is 30.1. The van der Waals surface area contributed by atoms with Crippen LogP contribution in [0.1, 0.15) is 48.5 Å². The van der Waals surface area contributed by atoms with Gasteiger partial charge in [0, 0.05) is 36.6 Å². The van der Waals surface area contributed by atoms with Crippen molar-refractivity contribution in [3.63, 3.8) is 0 Å². The average molecular weight is 406 g/mol. The van der Waals surface area contributed by atoms with Crippen LogP contribution in [0, 0.1) is 12.8 Å². The average Bonchev–Trinajstić information content (AvgIpc) is 3.32. The number of aromatic nitrogens is 3. The van der Waals surface area contributed by atoms with Gasteiger partial charge in [0.05, 0.1) is 5.52 Å². The van der Waals surface area contributed by atoms with Crippen molar-refractivity contribution in [2.24, 2.45) is 5.92 Å². The second-order valence-electron chi connectivity index (χ2n) is 8.69. The number of carbonyl (C=O) groups is 1. The fraction of sp³-hybridized carbons (Fsp3) is 0.435. The molecule has 2 fully saturated rings. The summed E-state index contributed by atoms with van der Waals surface area (Å²) in [7, 11) is 0. The first-order chi connectivity index (χ1) is 14.5. The summed E-state index contributed by atoms with van der Waals surface area (Å²) in [5, 5.41) is 8.58. The van der Waals surface area contributed by atoms with Crippen molar-refractivity contribution in [3.8, 4) is 0 Å². The van der Waals surface area contributed by atoms with Crippen molar-refractivity contribution in [2.75, 3.05) is 11.9 Å². The van der Waals surface area contributed by atoms with E-state index in [1.807, 2.05) is 40.8 Å². The maximum absolute atomic E-state index is 12.9. The summed E-state index contributed by atoms with van der Waals surface area (Å²) < 4.78 is 1.93.